The molecular weight excluding hydrogens is 304 g/mol. The van der Waals surface area contributed by atoms with Gasteiger partial charge in [0.05, 0.1) is 0 Å². The lowest BCUT2D eigenvalue weighted by molar-refractivity contribution is 0.0787. The van der Waals surface area contributed by atoms with Crippen LogP contribution in [0.4, 0.5) is 0 Å². The summed E-state index contributed by atoms with van der Waals surface area (Å²) in [6.07, 6.45) is 5.32. The summed E-state index contributed by atoms with van der Waals surface area (Å²) in [7, 11) is 1.74. The van der Waals surface area contributed by atoms with Gasteiger partial charge in [-0.05, 0) is 30.2 Å². The summed E-state index contributed by atoms with van der Waals surface area (Å²) in [4.78, 5) is 34.4. The van der Waals surface area contributed by atoms with Crippen LogP contribution >= 0.6 is 0 Å². The van der Waals surface area contributed by atoms with E-state index in [0.717, 1.165) is 18.4 Å². The van der Waals surface area contributed by atoms with E-state index in [1.54, 1.807) is 42.5 Å². The number of aromatic nitrogens is 2. The fraction of sp³-hybridized carbons (Fsp3) is 0.333. The van der Waals surface area contributed by atoms with Crippen LogP contribution in [0.15, 0.2) is 42.7 Å². The molecule has 126 valence electrons. The SMILES string of the molecule is CCCCN(C)C(=O)c1cccc(C(=O)NCc2cccnc2)n1. The molecule has 2 amide bonds. The van der Waals surface area contributed by atoms with Crippen LogP contribution in [0.3, 0.4) is 0 Å². The Balaban J connectivity index is 2.01. The van der Waals surface area contributed by atoms with Crippen LogP contribution in [0, 0.1) is 0 Å². The zero-order valence-electron chi connectivity index (χ0n) is 14.0. The minimum atomic E-state index is -0.315. The summed E-state index contributed by atoms with van der Waals surface area (Å²) < 4.78 is 0. The average Bonchev–Trinajstić information content (AvgIpc) is 2.64. The highest BCUT2D eigenvalue weighted by molar-refractivity contribution is 5.96. The minimum Gasteiger partial charge on any atom is -0.347 e. The van der Waals surface area contributed by atoms with E-state index < -0.39 is 0 Å². The van der Waals surface area contributed by atoms with E-state index in [1.165, 1.54) is 0 Å². The van der Waals surface area contributed by atoms with Crippen molar-refractivity contribution >= 4 is 11.8 Å². The molecule has 0 aliphatic heterocycles. The van der Waals surface area contributed by atoms with Crippen molar-refractivity contribution in [3.63, 3.8) is 0 Å². The summed E-state index contributed by atoms with van der Waals surface area (Å²) in [6, 6.07) is 8.59. The van der Waals surface area contributed by atoms with Crippen molar-refractivity contribution in [3.8, 4) is 0 Å². The normalized spacial score (nSPS) is 10.2. The van der Waals surface area contributed by atoms with Crippen molar-refractivity contribution in [3.05, 3.63) is 59.7 Å². The van der Waals surface area contributed by atoms with Gasteiger partial charge in [0.15, 0.2) is 0 Å². The summed E-state index contributed by atoms with van der Waals surface area (Å²) in [5.41, 5.74) is 1.41. The molecule has 1 N–H and O–H groups in total. The van der Waals surface area contributed by atoms with E-state index >= 15 is 0 Å². The fourth-order valence-corrected chi connectivity index (χ4v) is 2.15. The molecule has 2 rings (SSSR count). The Bertz CT molecular complexity index is 688. The number of unbranched alkanes of at least 4 members (excludes halogenated alkanes) is 1. The molecule has 2 aromatic rings. The predicted molar refractivity (Wildman–Crippen MR) is 91.5 cm³/mol. The third-order valence-corrected chi connectivity index (χ3v) is 3.57. The Morgan fingerprint density at radius 1 is 1.17 bits per heavy atom. The van der Waals surface area contributed by atoms with Gasteiger partial charge < -0.3 is 10.2 Å². The van der Waals surface area contributed by atoms with Crippen molar-refractivity contribution in [2.24, 2.45) is 0 Å². The van der Waals surface area contributed by atoms with Crippen LogP contribution < -0.4 is 5.32 Å². The highest BCUT2D eigenvalue weighted by atomic mass is 16.2. The Labute approximate surface area is 141 Å². The molecule has 24 heavy (non-hydrogen) atoms. The first kappa shape index (κ1) is 17.6. The molecular formula is C18H22N4O2. The van der Waals surface area contributed by atoms with Crippen molar-refractivity contribution < 1.29 is 9.59 Å². The molecule has 0 atom stereocenters. The van der Waals surface area contributed by atoms with Gasteiger partial charge >= 0.3 is 0 Å². The molecule has 0 bridgehead atoms. The van der Waals surface area contributed by atoms with Crippen LogP contribution in [-0.2, 0) is 6.54 Å². The van der Waals surface area contributed by atoms with Crippen LogP contribution in [0.25, 0.3) is 0 Å². The monoisotopic (exact) mass is 326 g/mol. The van der Waals surface area contributed by atoms with Crippen molar-refractivity contribution in [1.29, 1.82) is 0 Å². The number of nitrogens with zero attached hydrogens (tertiary/aromatic N) is 3. The molecule has 0 saturated heterocycles. The topological polar surface area (TPSA) is 75.2 Å². The maximum absolute atomic E-state index is 12.3. The zero-order valence-corrected chi connectivity index (χ0v) is 14.0. The van der Waals surface area contributed by atoms with Gasteiger partial charge in [-0.3, -0.25) is 14.6 Å². The highest BCUT2D eigenvalue weighted by Crippen LogP contribution is 2.05. The summed E-state index contributed by atoms with van der Waals surface area (Å²) in [5.74, 6) is -0.491. The van der Waals surface area contributed by atoms with E-state index in [2.05, 4.69) is 22.2 Å². The van der Waals surface area contributed by atoms with Crippen molar-refractivity contribution in [2.45, 2.75) is 26.3 Å². The van der Waals surface area contributed by atoms with Gasteiger partial charge in [-0.1, -0.05) is 25.5 Å². The van der Waals surface area contributed by atoms with E-state index in [1.807, 2.05) is 12.1 Å². The predicted octanol–water partition coefficient (Wildman–Crippen LogP) is 2.28. The number of pyridine rings is 2. The lowest BCUT2D eigenvalue weighted by Gasteiger charge is -2.16. The van der Waals surface area contributed by atoms with Gasteiger partial charge in [0.25, 0.3) is 11.8 Å². The number of carbonyl (C=O) groups excluding carboxylic acids is 2. The minimum absolute atomic E-state index is 0.176. The molecule has 0 aliphatic carbocycles. The Hall–Kier alpha value is -2.76. The molecule has 6 heteroatoms. The lowest BCUT2D eigenvalue weighted by Crippen LogP contribution is -2.30. The van der Waals surface area contributed by atoms with Crippen LogP contribution in [0.2, 0.25) is 0 Å². The molecule has 2 heterocycles. The van der Waals surface area contributed by atoms with Crippen molar-refractivity contribution in [1.82, 2.24) is 20.2 Å². The van der Waals surface area contributed by atoms with Gasteiger partial charge in [0.1, 0.15) is 11.4 Å². The summed E-state index contributed by atoms with van der Waals surface area (Å²) in [5, 5.41) is 2.78. The molecule has 6 nitrogen and oxygen atoms in total. The Morgan fingerprint density at radius 3 is 2.67 bits per heavy atom. The summed E-state index contributed by atoms with van der Waals surface area (Å²) in [6.45, 7) is 3.11. The molecule has 0 spiro atoms. The highest BCUT2D eigenvalue weighted by Gasteiger charge is 2.15. The third-order valence-electron chi connectivity index (χ3n) is 3.57. The van der Waals surface area contributed by atoms with Crippen molar-refractivity contribution in [2.75, 3.05) is 13.6 Å². The molecule has 0 unspecified atom stereocenters. The molecule has 0 fully saturated rings. The summed E-state index contributed by atoms with van der Waals surface area (Å²) >= 11 is 0. The van der Waals surface area contributed by atoms with E-state index in [4.69, 9.17) is 0 Å². The van der Waals surface area contributed by atoms with E-state index in [9.17, 15) is 9.59 Å². The van der Waals surface area contributed by atoms with E-state index in [0.29, 0.717) is 13.1 Å². The van der Waals surface area contributed by atoms with Crippen LogP contribution in [0.5, 0.6) is 0 Å². The molecule has 0 saturated carbocycles. The fourth-order valence-electron chi connectivity index (χ4n) is 2.15. The number of amides is 2. The number of hydrogen-bond donors (Lipinski definition) is 1. The second-order valence-corrected chi connectivity index (χ2v) is 5.53. The Morgan fingerprint density at radius 2 is 1.96 bits per heavy atom. The standard InChI is InChI=1S/C18H22N4O2/c1-3-4-11-22(2)18(24)16-9-5-8-15(21-16)17(23)20-13-14-7-6-10-19-12-14/h5-10,12H,3-4,11,13H2,1-2H3,(H,20,23). The maximum atomic E-state index is 12.3. The average molecular weight is 326 g/mol. The van der Waals surface area contributed by atoms with E-state index in [-0.39, 0.29) is 23.2 Å². The van der Waals surface area contributed by atoms with Crippen LogP contribution in [0.1, 0.15) is 46.3 Å². The first-order valence-electron chi connectivity index (χ1n) is 8.01. The van der Waals surface area contributed by atoms with Gasteiger partial charge in [-0.25, -0.2) is 4.98 Å². The number of nitrogens with one attached hydrogen (secondary N) is 1. The number of carbonyl (C=O) groups is 2. The smallest absolute Gasteiger partial charge is 0.272 e. The maximum Gasteiger partial charge on any atom is 0.272 e. The second kappa shape index (κ2) is 8.76. The number of hydrogen-bond acceptors (Lipinski definition) is 4. The lowest BCUT2D eigenvalue weighted by atomic mass is 10.2. The first-order valence-corrected chi connectivity index (χ1v) is 8.01. The first-order chi connectivity index (χ1) is 11.6. The van der Waals surface area contributed by atoms with Gasteiger partial charge in [-0.2, -0.15) is 0 Å². The molecule has 0 aromatic carbocycles. The quantitative estimate of drug-likeness (QED) is 0.847. The molecule has 2 aromatic heterocycles. The number of rotatable bonds is 7. The molecule has 0 aliphatic rings. The molecule has 0 radical (unpaired) electrons. The second-order valence-electron chi connectivity index (χ2n) is 5.53. The van der Waals surface area contributed by atoms with Gasteiger partial charge in [0, 0.05) is 32.5 Å². The third kappa shape index (κ3) is 4.87. The largest absolute Gasteiger partial charge is 0.347 e. The Kier molecular flexibility index (Phi) is 6.42. The zero-order chi connectivity index (χ0) is 17.4. The van der Waals surface area contributed by atoms with Gasteiger partial charge in [-0.15, -0.1) is 0 Å². The van der Waals surface area contributed by atoms with Gasteiger partial charge in [0.2, 0.25) is 0 Å². The van der Waals surface area contributed by atoms with Crippen LogP contribution in [-0.4, -0.2) is 40.3 Å².